The molecule has 3 heteroatoms. The van der Waals surface area contributed by atoms with Gasteiger partial charge in [-0.25, -0.2) is 0 Å². The molecule has 1 aromatic rings. The lowest BCUT2D eigenvalue weighted by Crippen LogP contribution is -2.30. The summed E-state index contributed by atoms with van der Waals surface area (Å²) in [6.07, 6.45) is 2.05. The predicted molar refractivity (Wildman–Crippen MR) is 67.8 cm³/mol. The van der Waals surface area contributed by atoms with E-state index < -0.39 is 0 Å². The first-order valence-corrected chi connectivity index (χ1v) is 5.82. The van der Waals surface area contributed by atoms with E-state index in [-0.39, 0.29) is 0 Å². The van der Waals surface area contributed by atoms with Crippen LogP contribution in [-0.4, -0.2) is 26.2 Å². The van der Waals surface area contributed by atoms with Crippen molar-refractivity contribution in [2.24, 2.45) is 5.73 Å². The van der Waals surface area contributed by atoms with Crippen LogP contribution in [0.4, 0.5) is 0 Å². The molecular weight excluding hydrogens is 200 g/mol. The lowest BCUT2D eigenvalue weighted by Gasteiger charge is -2.12. The molecule has 3 N–H and O–H groups in total. The average molecular weight is 222 g/mol. The first-order valence-electron chi connectivity index (χ1n) is 5.82. The van der Waals surface area contributed by atoms with Gasteiger partial charge in [-0.2, -0.15) is 0 Å². The van der Waals surface area contributed by atoms with Crippen LogP contribution in [-0.2, 0) is 6.42 Å². The normalized spacial score (nSPS) is 12.4. The first kappa shape index (κ1) is 13.0. The van der Waals surface area contributed by atoms with Gasteiger partial charge in [0.05, 0.1) is 7.11 Å². The zero-order valence-electron chi connectivity index (χ0n) is 10.2. The van der Waals surface area contributed by atoms with Crippen LogP contribution < -0.4 is 15.8 Å². The fraction of sp³-hybridized carbons (Fsp3) is 0.538. The maximum absolute atomic E-state index is 5.49. The quantitative estimate of drug-likeness (QED) is 0.736. The molecule has 0 bridgehead atoms. The van der Waals surface area contributed by atoms with Crippen LogP contribution in [0.25, 0.3) is 0 Å². The van der Waals surface area contributed by atoms with Gasteiger partial charge in [0.1, 0.15) is 5.75 Å². The summed E-state index contributed by atoms with van der Waals surface area (Å²) in [5.41, 5.74) is 6.79. The maximum atomic E-state index is 5.49. The van der Waals surface area contributed by atoms with Crippen molar-refractivity contribution in [2.75, 3.05) is 20.2 Å². The Morgan fingerprint density at radius 3 is 2.94 bits per heavy atom. The lowest BCUT2D eigenvalue weighted by atomic mass is 10.1. The number of nitrogens with one attached hydrogen (secondary N) is 1. The molecule has 0 fully saturated rings. The minimum absolute atomic E-state index is 0.496. The fourth-order valence-corrected chi connectivity index (χ4v) is 1.64. The Bertz CT molecular complexity index is 302. The Labute approximate surface area is 98.0 Å². The number of rotatable bonds is 7. The van der Waals surface area contributed by atoms with E-state index in [1.807, 2.05) is 12.1 Å². The zero-order valence-corrected chi connectivity index (χ0v) is 10.2. The summed E-state index contributed by atoms with van der Waals surface area (Å²) in [4.78, 5) is 0. The third-order valence-electron chi connectivity index (χ3n) is 2.64. The molecule has 1 aromatic carbocycles. The monoisotopic (exact) mass is 222 g/mol. The Morgan fingerprint density at radius 1 is 1.44 bits per heavy atom. The largest absolute Gasteiger partial charge is 0.497 e. The molecule has 0 saturated carbocycles. The highest BCUT2D eigenvalue weighted by Crippen LogP contribution is 2.12. The van der Waals surface area contributed by atoms with Gasteiger partial charge in [-0.3, -0.25) is 0 Å². The van der Waals surface area contributed by atoms with Crippen LogP contribution in [0.2, 0.25) is 0 Å². The van der Waals surface area contributed by atoms with E-state index in [4.69, 9.17) is 10.5 Å². The highest BCUT2D eigenvalue weighted by Gasteiger charge is 2.00. The van der Waals surface area contributed by atoms with E-state index in [0.717, 1.165) is 31.7 Å². The number of hydrogen-bond acceptors (Lipinski definition) is 3. The molecule has 0 spiro atoms. The summed E-state index contributed by atoms with van der Waals surface area (Å²) < 4.78 is 5.18. The van der Waals surface area contributed by atoms with Gasteiger partial charge in [0.25, 0.3) is 0 Å². The second-order valence-electron chi connectivity index (χ2n) is 4.03. The van der Waals surface area contributed by atoms with Crippen LogP contribution in [0.5, 0.6) is 5.75 Å². The molecule has 0 aliphatic carbocycles. The van der Waals surface area contributed by atoms with Crippen molar-refractivity contribution >= 4 is 0 Å². The molecule has 1 atom stereocenters. The van der Waals surface area contributed by atoms with Crippen LogP contribution in [0.3, 0.4) is 0 Å². The highest BCUT2D eigenvalue weighted by molar-refractivity contribution is 5.28. The Balaban J connectivity index is 2.31. The summed E-state index contributed by atoms with van der Waals surface area (Å²) in [5.74, 6) is 0.924. The Morgan fingerprint density at radius 2 is 2.25 bits per heavy atom. The van der Waals surface area contributed by atoms with Gasteiger partial charge in [0.15, 0.2) is 0 Å². The minimum atomic E-state index is 0.496. The number of benzene rings is 1. The molecule has 1 rings (SSSR count). The molecule has 0 aromatic heterocycles. The van der Waals surface area contributed by atoms with E-state index >= 15 is 0 Å². The smallest absolute Gasteiger partial charge is 0.119 e. The summed E-state index contributed by atoms with van der Waals surface area (Å²) in [6.45, 7) is 3.89. The number of ether oxygens (including phenoxy) is 1. The summed E-state index contributed by atoms with van der Waals surface area (Å²) in [7, 11) is 1.70. The van der Waals surface area contributed by atoms with Crippen molar-refractivity contribution in [3.63, 3.8) is 0 Å². The second kappa shape index (κ2) is 7.25. The van der Waals surface area contributed by atoms with Gasteiger partial charge >= 0.3 is 0 Å². The standard InChI is InChI=1S/C13H22N2O/c1-11(6-8-14)15-9-7-12-4-3-5-13(10-12)16-2/h3-5,10-11,15H,6-9,14H2,1-2H3. The molecule has 16 heavy (non-hydrogen) atoms. The van der Waals surface area contributed by atoms with Gasteiger partial charge in [-0.05, 0) is 50.6 Å². The van der Waals surface area contributed by atoms with Crippen molar-refractivity contribution in [1.82, 2.24) is 5.32 Å². The molecule has 0 aliphatic rings. The van der Waals surface area contributed by atoms with E-state index in [1.54, 1.807) is 7.11 Å². The van der Waals surface area contributed by atoms with Gasteiger partial charge in [-0.15, -0.1) is 0 Å². The number of methoxy groups -OCH3 is 1. The van der Waals surface area contributed by atoms with Crippen LogP contribution in [0.15, 0.2) is 24.3 Å². The van der Waals surface area contributed by atoms with Gasteiger partial charge < -0.3 is 15.8 Å². The molecule has 0 radical (unpaired) electrons. The Kier molecular flexibility index (Phi) is 5.90. The maximum Gasteiger partial charge on any atom is 0.119 e. The molecule has 0 heterocycles. The van der Waals surface area contributed by atoms with E-state index in [2.05, 4.69) is 24.4 Å². The van der Waals surface area contributed by atoms with Crippen molar-refractivity contribution in [1.29, 1.82) is 0 Å². The molecule has 3 nitrogen and oxygen atoms in total. The van der Waals surface area contributed by atoms with Crippen molar-refractivity contribution < 1.29 is 4.74 Å². The van der Waals surface area contributed by atoms with Crippen molar-refractivity contribution in [3.05, 3.63) is 29.8 Å². The minimum Gasteiger partial charge on any atom is -0.497 e. The average Bonchev–Trinajstić information content (AvgIpc) is 2.30. The summed E-state index contributed by atoms with van der Waals surface area (Å²) in [5, 5.41) is 3.45. The van der Waals surface area contributed by atoms with Crippen molar-refractivity contribution in [3.8, 4) is 5.75 Å². The third kappa shape index (κ3) is 4.64. The topological polar surface area (TPSA) is 47.3 Å². The van der Waals surface area contributed by atoms with Gasteiger partial charge in [-0.1, -0.05) is 12.1 Å². The zero-order chi connectivity index (χ0) is 11.8. The molecule has 1 unspecified atom stereocenters. The lowest BCUT2D eigenvalue weighted by molar-refractivity contribution is 0.414. The molecule has 0 aliphatic heterocycles. The SMILES string of the molecule is COc1cccc(CCNC(C)CCN)c1. The van der Waals surface area contributed by atoms with Crippen molar-refractivity contribution in [2.45, 2.75) is 25.8 Å². The predicted octanol–water partition coefficient (Wildman–Crippen LogP) is 1.56. The fourth-order valence-electron chi connectivity index (χ4n) is 1.64. The number of nitrogens with two attached hydrogens (primary N) is 1. The van der Waals surface area contributed by atoms with Crippen LogP contribution >= 0.6 is 0 Å². The highest BCUT2D eigenvalue weighted by atomic mass is 16.5. The van der Waals surface area contributed by atoms with E-state index in [1.165, 1.54) is 5.56 Å². The second-order valence-corrected chi connectivity index (χ2v) is 4.03. The molecule has 0 saturated heterocycles. The number of hydrogen-bond donors (Lipinski definition) is 2. The van der Waals surface area contributed by atoms with Crippen LogP contribution in [0.1, 0.15) is 18.9 Å². The van der Waals surface area contributed by atoms with E-state index in [0.29, 0.717) is 6.04 Å². The van der Waals surface area contributed by atoms with E-state index in [9.17, 15) is 0 Å². The Hall–Kier alpha value is -1.06. The molecule has 90 valence electrons. The summed E-state index contributed by atoms with van der Waals surface area (Å²) >= 11 is 0. The molecule has 0 amide bonds. The summed E-state index contributed by atoms with van der Waals surface area (Å²) in [6, 6.07) is 8.69. The molecular formula is C13H22N2O. The van der Waals surface area contributed by atoms with Gasteiger partial charge in [0.2, 0.25) is 0 Å². The van der Waals surface area contributed by atoms with Crippen LogP contribution in [0, 0.1) is 0 Å². The van der Waals surface area contributed by atoms with Gasteiger partial charge in [0, 0.05) is 6.04 Å². The first-order chi connectivity index (χ1) is 7.76. The third-order valence-corrected chi connectivity index (χ3v) is 2.64.